The van der Waals surface area contributed by atoms with Crippen LogP contribution in [0.4, 0.5) is 14.5 Å². The van der Waals surface area contributed by atoms with E-state index in [1.54, 1.807) is 0 Å². The number of carbonyl (C=O) groups excluding carboxylic acids is 1. The van der Waals surface area contributed by atoms with E-state index >= 15 is 0 Å². The fourth-order valence-corrected chi connectivity index (χ4v) is 2.23. The third-order valence-corrected chi connectivity index (χ3v) is 3.03. The SMILES string of the molecule is O=C1CC(Cl)CN1c1cc(Cl)ccc1OC(F)F. The molecule has 1 saturated heterocycles. The summed E-state index contributed by atoms with van der Waals surface area (Å²) in [6.45, 7) is -2.71. The van der Waals surface area contributed by atoms with Gasteiger partial charge in [-0.3, -0.25) is 4.79 Å². The van der Waals surface area contributed by atoms with E-state index < -0.39 is 6.61 Å². The molecule has 0 spiro atoms. The number of amides is 1. The van der Waals surface area contributed by atoms with Crippen LogP contribution < -0.4 is 9.64 Å². The number of carbonyl (C=O) groups is 1. The fourth-order valence-electron chi connectivity index (χ4n) is 1.79. The van der Waals surface area contributed by atoms with Gasteiger partial charge < -0.3 is 9.64 Å². The van der Waals surface area contributed by atoms with Gasteiger partial charge in [0.15, 0.2) is 0 Å². The second kappa shape index (κ2) is 5.28. The molecule has 0 bridgehead atoms. The van der Waals surface area contributed by atoms with Crippen LogP contribution in [-0.2, 0) is 4.79 Å². The topological polar surface area (TPSA) is 29.5 Å². The van der Waals surface area contributed by atoms with Crippen LogP contribution in [0.1, 0.15) is 6.42 Å². The molecule has 0 N–H and O–H groups in total. The van der Waals surface area contributed by atoms with Crippen LogP contribution >= 0.6 is 23.2 Å². The highest BCUT2D eigenvalue weighted by molar-refractivity contribution is 6.31. The Morgan fingerprint density at radius 3 is 2.72 bits per heavy atom. The van der Waals surface area contributed by atoms with Crippen LogP contribution in [0.25, 0.3) is 0 Å². The van der Waals surface area contributed by atoms with E-state index in [1.165, 1.54) is 23.1 Å². The maximum atomic E-state index is 12.3. The zero-order chi connectivity index (χ0) is 13.3. The molecule has 1 atom stereocenters. The summed E-state index contributed by atoms with van der Waals surface area (Å²) in [7, 11) is 0. The number of halogens is 4. The van der Waals surface area contributed by atoms with Gasteiger partial charge in [-0.25, -0.2) is 0 Å². The Labute approximate surface area is 112 Å². The molecule has 1 aromatic carbocycles. The van der Waals surface area contributed by atoms with E-state index in [1.807, 2.05) is 0 Å². The normalized spacial score (nSPS) is 19.7. The lowest BCUT2D eigenvalue weighted by Crippen LogP contribution is -2.25. The third-order valence-electron chi connectivity index (χ3n) is 2.51. The summed E-state index contributed by atoms with van der Waals surface area (Å²) in [5, 5.41) is -0.00618. The van der Waals surface area contributed by atoms with Gasteiger partial charge in [0.05, 0.1) is 11.1 Å². The van der Waals surface area contributed by atoms with Gasteiger partial charge in [-0.1, -0.05) is 11.6 Å². The summed E-state index contributed by atoms with van der Waals surface area (Å²) in [6, 6.07) is 4.13. The molecule has 0 aliphatic carbocycles. The van der Waals surface area contributed by atoms with E-state index in [4.69, 9.17) is 23.2 Å². The first kappa shape index (κ1) is 13.4. The van der Waals surface area contributed by atoms with Crippen molar-refractivity contribution >= 4 is 34.8 Å². The smallest absolute Gasteiger partial charge is 0.387 e. The number of alkyl halides is 3. The van der Waals surface area contributed by atoms with Crippen LogP contribution in [-0.4, -0.2) is 24.4 Å². The largest absolute Gasteiger partial charge is 0.433 e. The second-order valence-electron chi connectivity index (χ2n) is 3.80. The summed E-state index contributed by atoms with van der Waals surface area (Å²) in [5.74, 6) is -0.329. The van der Waals surface area contributed by atoms with Crippen molar-refractivity contribution in [3.63, 3.8) is 0 Å². The highest BCUT2D eigenvalue weighted by atomic mass is 35.5. The molecule has 18 heavy (non-hydrogen) atoms. The van der Waals surface area contributed by atoms with Crippen LogP contribution in [0.3, 0.4) is 0 Å². The highest BCUT2D eigenvalue weighted by Gasteiger charge is 2.31. The van der Waals surface area contributed by atoms with E-state index in [0.29, 0.717) is 5.02 Å². The van der Waals surface area contributed by atoms with Gasteiger partial charge in [-0.2, -0.15) is 8.78 Å². The Bertz CT molecular complexity index is 470. The van der Waals surface area contributed by atoms with E-state index in [0.717, 1.165) is 0 Å². The molecular weight excluding hydrogens is 287 g/mol. The summed E-state index contributed by atoms with van der Waals surface area (Å²) in [4.78, 5) is 13.0. The number of benzene rings is 1. The molecule has 1 fully saturated rings. The minimum atomic E-state index is -2.96. The molecule has 1 aliphatic heterocycles. The van der Waals surface area contributed by atoms with Crippen LogP contribution in [0.5, 0.6) is 5.75 Å². The average molecular weight is 296 g/mol. The van der Waals surface area contributed by atoms with Gasteiger partial charge in [-0.15, -0.1) is 11.6 Å². The van der Waals surface area contributed by atoms with Gasteiger partial charge in [0.1, 0.15) is 5.75 Å². The zero-order valence-electron chi connectivity index (χ0n) is 9.08. The molecule has 98 valence electrons. The Balaban J connectivity index is 2.35. The number of anilines is 1. The summed E-state index contributed by atoms with van der Waals surface area (Å²) in [5.41, 5.74) is 0.218. The van der Waals surface area contributed by atoms with Crippen molar-refractivity contribution in [2.45, 2.75) is 18.4 Å². The zero-order valence-corrected chi connectivity index (χ0v) is 10.6. The first-order chi connectivity index (χ1) is 8.47. The Kier molecular flexibility index (Phi) is 3.92. The van der Waals surface area contributed by atoms with Gasteiger partial charge in [-0.05, 0) is 18.2 Å². The summed E-state index contributed by atoms with van der Waals surface area (Å²) >= 11 is 11.7. The summed E-state index contributed by atoms with van der Waals surface area (Å²) in [6.07, 6.45) is 0.169. The molecule has 1 unspecified atom stereocenters. The number of hydrogen-bond donors (Lipinski definition) is 0. The quantitative estimate of drug-likeness (QED) is 0.801. The molecule has 0 aromatic heterocycles. The fraction of sp³-hybridized carbons (Fsp3) is 0.364. The van der Waals surface area contributed by atoms with Crippen molar-refractivity contribution in [3.8, 4) is 5.75 Å². The van der Waals surface area contributed by atoms with Crippen LogP contribution in [0.15, 0.2) is 18.2 Å². The monoisotopic (exact) mass is 295 g/mol. The van der Waals surface area contributed by atoms with E-state index in [-0.39, 0.29) is 35.7 Å². The molecule has 3 nitrogen and oxygen atoms in total. The first-order valence-electron chi connectivity index (χ1n) is 5.16. The maximum Gasteiger partial charge on any atom is 0.387 e. The minimum Gasteiger partial charge on any atom is -0.433 e. The molecule has 0 radical (unpaired) electrons. The highest BCUT2D eigenvalue weighted by Crippen LogP contribution is 2.35. The Morgan fingerprint density at radius 1 is 1.44 bits per heavy atom. The van der Waals surface area contributed by atoms with Gasteiger partial charge in [0, 0.05) is 18.0 Å². The van der Waals surface area contributed by atoms with E-state index in [2.05, 4.69) is 4.74 Å². The van der Waals surface area contributed by atoms with Crippen LogP contribution in [0, 0.1) is 0 Å². The lowest BCUT2D eigenvalue weighted by Gasteiger charge is -2.20. The van der Waals surface area contributed by atoms with Crippen molar-refractivity contribution < 1.29 is 18.3 Å². The van der Waals surface area contributed by atoms with Gasteiger partial charge in [0.25, 0.3) is 0 Å². The molecule has 1 aromatic rings. The molecule has 2 rings (SSSR count). The molecule has 1 amide bonds. The van der Waals surface area contributed by atoms with Crippen molar-refractivity contribution in [2.24, 2.45) is 0 Å². The molecule has 1 aliphatic rings. The van der Waals surface area contributed by atoms with Crippen molar-refractivity contribution in [2.75, 3.05) is 11.4 Å². The summed E-state index contributed by atoms with van der Waals surface area (Å²) < 4.78 is 28.9. The van der Waals surface area contributed by atoms with Crippen LogP contribution in [0.2, 0.25) is 5.02 Å². The van der Waals surface area contributed by atoms with Crippen molar-refractivity contribution in [3.05, 3.63) is 23.2 Å². The van der Waals surface area contributed by atoms with E-state index in [9.17, 15) is 13.6 Å². The molecule has 7 heteroatoms. The van der Waals surface area contributed by atoms with Gasteiger partial charge in [0.2, 0.25) is 5.91 Å². The molecular formula is C11H9Cl2F2NO2. The average Bonchev–Trinajstić information content (AvgIpc) is 2.60. The predicted octanol–water partition coefficient (Wildman–Crippen LogP) is 3.29. The molecule has 0 saturated carbocycles. The second-order valence-corrected chi connectivity index (χ2v) is 4.85. The lowest BCUT2D eigenvalue weighted by molar-refractivity contribution is -0.117. The number of ether oxygens (including phenoxy) is 1. The minimum absolute atomic E-state index is 0.0893. The predicted molar refractivity (Wildman–Crippen MR) is 64.7 cm³/mol. The number of hydrogen-bond acceptors (Lipinski definition) is 2. The lowest BCUT2D eigenvalue weighted by atomic mass is 10.2. The first-order valence-corrected chi connectivity index (χ1v) is 5.97. The standard InChI is InChI=1S/C11H9Cl2F2NO2/c12-6-1-2-9(18-11(14)15)8(3-6)16-5-7(13)4-10(16)17/h1-3,7,11H,4-5H2. The van der Waals surface area contributed by atoms with Crippen molar-refractivity contribution in [1.29, 1.82) is 0 Å². The number of rotatable bonds is 3. The Morgan fingerprint density at radius 2 is 2.17 bits per heavy atom. The van der Waals surface area contributed by atoms with Gasteiger partial charge >= 0.3 is 6.61 Å². The Hall–Kier alpha value is -1.07. The third kappa shape index (κ3) is 2.84. The van der Waals surface area contributed by atoms with Crippen molar-refractivity contribution in [1.82, 2.24) is 0 Å². The number of nitrogens with zero attached hydrogens (tertiary/aromatic N) is 1. The maximum absolute atomic E-state index is 12.3. The molecule has 1 heterocycles.